The van der Waals surface area contributed by atoms with E-state index in [9.17, 15) is 0 Å². The molecule has 0 aliphatic heterocycles. The summed E-state index contributed by atoms with van der Waals surface area (Å²) in [6.07, 6.45) is 3.84. The molecule has 5 nitrogen and oxygen atoms in total. The van der Waals surface area contributed by atoms with E-state index in [0.717, 1.165) is 31.9 Å². The zero-order chi connectivity index (χ0) is 11.1. The van der Waals surface area contributed by atoms with Crippen molar-refractivity contribution in [3.63, 3.8) is 0 Å². The molecule has 84 valence electrons. The third kappa shape index (κ3) is 3.81. The first-order valence-corrected chi connectivity index (χ1v) is 5.22. The number of nitrogens with two attached hydrogens (primary N) is 1. The van der Waals surface area contributed by atoms with Crippen LogP contribution >= 0.6 is 0 Å². The van der Waals surface area contributed by atoms with Gasteiger partial charge in [-0.3, -0.25) is 9.58 Å². The number of nitrogens with zero attached hydrogens (tertiary/aromatic N) is 4. The quantitative estimate of drug-likeness (QED) is 0.654. The zero-order valence-electron chi connectivity index (χ0n) is 9.26. The predicted octanol–water partition coefficient (Wildman–Crippen LogP) is 0.245. The Balaban J connectivity index is 2.50. The fourth-order valence-electron chi connectivity index (χ4n) is 1.37. The molecule has 15 heavy (non-hydrogen) atoms. The number of rotatable bonds is 7. The van der Waals surface area contributed by atoms with E-state index in [1.807, 2.05) is 12.3 Å². The van der Waals surface area contributed by atoms with Crippen molar-refractivity contribution in [2.75, 3.05) is 19.6 Å². The monoisotopic (exact) mass is 209 g/mol. The Morgan fingerprint density at radius 1 is 1.67 bits per heavy atom. The van der Waals surface area contributed by atoms with Crippen molar-refractivity contribution in [3.8, 4) is 0 Å². The van der Waals surface area contributed by atoms with Gasteiger partial charge in [0.1, 0.15) is 0 Å². The molecule has 0 spiro atoms. The largest absolute Gasteiger partial charge is 0.329 e. The molecule has 1 rings (SSSR count). The van der Waals surface area contributed by atoms with Crippen molar-refractivity contribution in [2.24, 2.45) is 5.73 Å². The molecular weight excluding hydrogens is 190 g/mol. The lowest BCUT2D eigenvalue weighted by Crippen LogP contribution is -2.22. The van der Waals surface area contributed by atoms with Crippen LogP contribution in [0.3, 0.4) is 0 Å². The molecule has 0 aliphatic carbocycles. The highest BCUT2D eigenvalue weighted by atomic mass is 15.4. The molecule has 0 aliphatic rings. The molecule has 0 saturated carbocycles. The Bertz CT molecular complexity index is 294. The molecule has 0 amide bonds. The highest BCUT2D eigenvalue weighted by Crippen LogP contribution is 2.00. The Morgan fingerprint density at radius 2 is 2.47 bits per heavy atom. The average molecular weight is 209 g/mol. The molecule has 1 aromatic heterocycles. The van der Waals surface area contributed by atoms with Gasteiger partial charge in [-0.15, -0.1) is 11.7 Å². The molecule has 1 heterocycles. The van der Waals surface area contributed by atoms with E-state index in [0.29, 0.717) is 6.54 Å². The van der Waals surface area contributed by atoms with E-state index in [1.54, 1.807) is 4.68 Å². The second-order valence-corrected chi connectivity index (χ2v) is 3.38. The minimum Gasteiger partial charge on any atom is -0.329 e. The van der Waals surface area contributed by atoms with E-state index >= 15 is 0 Å². The van der Waals surface area contributed by atoms with Gasteiger partial charge in [0.25, 0.3) is 0 Å². The summed E-state index contributed by atoms with van der Waals surface area (Å²) in [5.74, 6) is 0. The summed E-state index contributed by atoms with van der Waals surface area (Å²) in [5.41, 5.74) is 6.41. The summed E-state index contributed by atoms with van der Waals surface area (Å²) in [5, 5.41) is 8.07. The van der Waals surface area contributed by atoms with Crippen LogP contribution in [0, 0.1) is 0 Å². The van der Waals surface area contributed by atoms with Gasteiger partial charge in [0, 0.05) is 25.8 Å². The lowest BCUT2D eigenvalue weighted by atomic mass is 10.4. The predicted molar refractivity (Wildman–Crippen MR) is 60.2 cm³/mol. The van der Waals surface area contributed by atoms with E-state index in [-0.39, 0.29) is 0 Å². The first-order valence-electron chi connectivity index (χ1n) is 5.22. The second kappa shape index (κ2) is 6.31. The van der Waals surface area contributed by atoms with Gasteiger partial charge >= 0.3 is 0 Å². The summed E-state index contributed by atoms with van der Waals surface area (Å²) in [7, 11) is 0. The smallest absolute Gasteiger partial charge is 0.0967 e. The topological polar surface area (TPSA) is 60.0 Å². The first kappa shape index (κ1) is 11.9. The van der Waals surface area contributed by atoms with Gasteiger partial charge < -0.3 is 5.73 Å². The Hall–Kier alpha value is -1.20. The standard InChI is InChI=1S/C10H19N5/c1-3-6-14(4-2)8-10-9-15(7-5-11)13-12-10/h3,9H,1,4-8,11H2,2H3. The molecule has 2 N–H and O–H groups in total. The minimum atomic E-state index is 0.590. The van der Waals surface area contributed by atoms with E-state index in [1.165, 1.54) is 0 Å². The van der Waals surface area contributed by atoms with Gasteiger partial charge in [0.15, 0.2) is 0 Å². The molecular formula is C10H19N5. The van der Waals surface area contributed by atoms with Gasteiger partial charge in [0.2, 0.25) is 0 Å². The van der Waals surface area contributed by atoms with Crippen LogP contribution in [0.25, 0.3) is 0 Å². The van der Waals surface area contributed by atoms with Gasteiger partial charge in [-0.1, -0.05) is 18.2 Å². The SMILES string of the molecule is C=CCN(CC)Cc1cn(CCN)nn1. The number of likely N-dealkylation sites (N-methyl/N-ethyl adjacent to an activating group) is 1. The molecule has 1 aromatic rings. The average Bonchev–Trinajstić information content (AvgIpc) is 2.66. The van der Waals surface area contributed by atoms with Gasteiger partial charge in [-0.05, 0) is 6.54 Å². The minimum absolute atomic E-state index is 0.590. The van der Waals surface area contributed by atoms with Crippen molar-refractivity contribution < 1.29 is 0 Å². The zero-order valence-corrected chi connectivity index (χ0v) is 9.26. The summed E-state index contributed by atoms with van der Waals surface area (Å²) in [6, 6.07) is 0. The van der Waals surface area contributed by atoms with Crippen LogP contribution < -0.4 is 5.73 Å². The van der Waals surface area contributed by atoms with E-state index in [4.69, 9.17) is 5.73 Å². The summed E-state index contributed by atoms with van der Waals surface area (Å²) in [6.45, 7) is 9.83. The van der Waals surface area contributed by atoms with E-state index < -0.39 is 0 Å². The molecule has 0 radical (unpaired) electrons. The molecule has 0 fully saturated rings. The second-order valence-electron chi connectivity index (χ2n) is 3.38. The van der Waals surface area contributed by atoms with Crippen LogP contribution in [0.4, 0.5) is 0 Å². The van der Waals surface area contributed by atoms with Gasteiger partial charge in [0.05, 0.1) is 12.2 Å². The van der Waals surface area contributed by atoms with Gasteiger partial charge in [-0.25, -0.2) is 0 Å². The normalized spacial score (nSPS) is 10.9. The Kier molecular flexibility index (Phi) is 5.00. The lowest BCUT2D eigenvalue weighted by Gasteiger charge is -2.15. The van der Waals surface area contributed by atoms with Crippen LogP contribution in [0.2, 0.25) is 0 Å². The highest BCUT2D eigenvalue weighted by molar-refractivity contribution is 4.93. The maximum absolute atomic E-state index is 5.43. The number of aromatic nitrogens is 3. The van der Waals surface area contributed by atoms with Crippen molar-refractivity contribution in [2.45, 2.75) is 20.0 Å². The molecule has 0 bridgehead atoms. The van der Waals surface area contributed by atoms with Gasteiger partial charge in [-0.2, -0.15) is 0 Å². The lowest BCUT2D eigenvalue weighted by molar-refractivity contribution is 0.307. The Labute approximate surface area is 90.6 Å². The van der Waals surface area contributed by atoms with Crippen molar-refractivity contribution in [1.82, 2.24) is 19.9 Å². The van der Waals surface area contributed by atoms with Crippen LogP contribution in [0.5, 0.6) is 0 Å². The summed E-state index contributed by atoms with van der Waals surface area (Å²) in [4.78, 5) is 2.24. The maximum Gasteiger partial charge on any atom is 0.0967 e. The number of hydrogen-bond donors (Lipinski definition) is 1. The fourth-order valence-corrected chi connectivity index (χ4v) is 1.37. The van der Waals surface area contributed by atoms with Crippen LogP contribution in [-0.4, -0.2) is 39.5 Å². The third-order valence-electron chi connectivity index (χ3n) is 2.16. The molecule has 0 saturated heterocycles. The van der Waals surface area contributed by atoms with Crippen LogP contribution in [0.15, 0.2) is 18.9 Å². The fraction of sp³-hybridized carbons (Fsp3) is 0.600. The van der Waals surface area contributed by atoms with Crippen LogP contribution in [-0.2, 0) is 13.1 Å². The Morgan fingerprint density at radius 3 is 3.07 bits per heavy atom. The maximum atomic E-state index is 5.43. The number of hydrogen-bond acceptors (Lipinski definition) is 4. The van der Waals surface area contributed by atoms with Crippen LogP contribution in [0.1, 0.15) is 12.6 Å². The van der Waals surface area contributed by atoms with Crippen molar-refractivity contribution >= 4 is 0 Å². The van der Waals surface area contributed by atoms with E-state index in [2.05, 4.69) is 28.7 Å². The highest BCUT2D eigenvalue weighted by Gasteiger charge is 2.05. The van der Waals surface area contributed by atoms with Crippen molar-refractivity contribution in [1.29, 1.82) is 0 Å². The summed E-state index contributed by atoms with van der Waals surface area (Å²) >= 11 is 0. The molecule has 0 atom stereocenters. The third-order valence-corrected chi connectivity index (χ3v) is 2.16. The molecule has 0 aromatic carbocycles. The summed E-state index contributed by atoms with van der Waals surface area (Å²) < 4.78 is 1.77. The van der Waals surface area contributed by atoms with Crippen molar-refractivity contribution in [3.05, 3.63) is 24.5 Å². The molecule has 0 unspecified atom stereocenters. The molecule has 5 heteroatoms. The first-order chi connectivity index (χ1) is 7.30.